The molecule has 2 atom stereocenters. The molecule has 0 amide bonds. The highest BCUT2D eigenvalue weighted by Gasteiger charge is 2.22. The summed E-state index contributed by atoms with van der Waals surface area (Å²) in [5.41, 5.74) is 0.427. The first kappa shape index (κ1) is 14.0. The van der Waals surface area contributed by atoms with E-state index >= 15 is 0 Å². The van der Waals surface area contributed by atoms with Gasteiger partial charge >= 0.3 is 5.97 Å². The number of aromatic hydroxyl groups is 1. The fourth-order valence-electron chi connectivity index (χ4n) is 1.50. The van der Waals surface area contributed by atoms with Crippen LogP contribution in [0.5, 0.6) is 5.75 Å². The lowest BCUT2D eigenvalue weighted by Crippen LogP contribution is -2.18. The second-order valence-electron chi connectivity index (χ2n) is 3.79. The lowest BCUT2D eigenvalue weighted by Gasteiger charge is -2.20. The van der Waals surface area contributed by atoms with Crippen LogP contribution in [0, 0.1) is 5.82 Å². The number of alkyl halides is 1. The molecule has 0 aliphatic carbocycles. The summed E-state index contributed by atoms with van der Waals surface area (Å²) in [5.74, 6) is -1.14. The Morgan fingerprint density at radius 3 is 2.76 bits per heavy atom. The number of hydrogen-bond acceptors (Lipinski definition) is 3. The van der Waals surface area contributed by atoms with Crippen LogP contribution in [0.25, 0.3) is 0 Å². The van der Waals surface area contributed by atoms with Crippen LogP contribution in [-0.4, -0.2) is 22.5 Å². The summed E-state index contributed by atoms with van der Waals surface area (Å²) in [6.07, 6.45) is 0. The third-order valence-corrected chi connectivity index (χ3v) is 3.05. The Kier molecular flexibility index (Phi) is 4.93. The SMILES string of the molecule is CC(=O)OCC(c1cc(F)ccc1O)C(C)Br. The zero-order valence-corrected chi connectivity index (χ0v) is 11.2. The van der Waals surface area contributed by atoms with Gasteiger partial charge in [0, 0.05) is 23.2 Å². The predicted octanol–water partition coefficient (Wildman–Crippen LogP) is 2.96. The average molecular weight is 305 g/mol. The van der Waals surface area contributed by atoms with Crippen molar-refractivity contribution < 1.29 is 19.0 Å². The summed E-state index contributed by atoms with van der Waals surface area (Å²) >= 11 is 3.36. The normalized spacial score (nSPS) is 14.1. The molecule has 2 unspecified atom stereocenters. The zero-order valence-electron chi connectivity index (χ0n) is 9.61. The van der Waals surface area contributed by atoms with Crippen LogP contribution in [0.1, 0.15) is 25.3 Å². The number of ether oxygens (including phenoxy) is 1. The number of halogens is 2. The van der Waals surface area contributed by atoms with E-state index in [9.17, 15) is 14.3 Å². The maximum absolute atomic E-state index is 13.1. The molecule has 0 saturated heterocycles. The molecule has 0 fully saturated rings. The molecular weight excluding hydrogens is 291 g/mol. The largest absolute Gasteiger partial charge is 0.508 e. The molecule has 0 radical (unpaired) electrons. The van der Waals surface area contributed by atoms with E-state index in [1.54, 1.807) is 0 Å². The van der Waals surface area contributed by atoms with Crippen molar-refractivity contribution >= 4 is 21.9 Å². The number of hydrogen-bond donors (Lipinski definition) is 1. The molecule has 0 aliphatic heterocycles. The summed E-state index contributed by atoms with van der Waals surface area (Å²) in [5, 5.41) is 9.69. The predicted molar refractivity (Wildman–Crippen MR) is 65.8 cm³/mol. The third kappa shape index (κ3) is 4.00. The molecule has 94 valence electrons. The van der Waals surface area contributed by atoms with Gasteiger partial charge in [-0.15, -0.1) is 0 Å². The molecule has 1 aromatic carbocycles. The first-order valence-electron chi connectivity index (χ1n) is 5.17. The molecule has 0 aliphatic rings. The van der Waals surface area contributed by atoms with Crippen molar-refractivity contribution in [3.63, 3.8) is 0 Å². The number of carbonyl (C=O) groups is 1. The van der Waals surface area contributed by atoms with E-state index in [4.69, 9.17) is 4.74 Å². The minimum Gasteiger partial charge on any atom is -0.508 e. The molecule has 17 heavy (non-hydrogen) atoms. The number of benzene rings is 1. The first-order valence-corrected chi connectivity index (χ1v) is 6.09. The standard InChI is InChI=1S/C12H14BrFO3/c1-7(13)11(6-17-8(2)15)10-5-9(14)3-4-12(10)16/h3-5,7,11,16H,6H2,1-2H3. The van der Waals surface area contributed by atoms with Gasteiger partial charge in [0.15, 0.2) is 0 Å². The van der Waals surface area contributed by atoms with Gasteiger partial charge in [-0.2, -0.15) is 0 Å². The van der Waals surface area contributed by atoms with Crippen molar-refractivity contribution in [1.82, 2.24) is 0 Å². The van der Waals surface area contributed by atoms with Crippen molar-refractivity contribution in [2.24, 2.45) is 0 Å². The van der Waals surface area contributed by atoms with E-state index in [1.165, 1.54) is 25.1 Å². The smallest absolute Gasteiger partial charge is 0.302 e. The molecule has 1 N–H and O–H groups in total. The van der Waals surface area contributed by atoms with E-state index in [0.717, 1.165) is 0 Å². The van der Waals surface area contributed by atoms with E-state index < -0.39 is 11.8 Å². The average Bonchev–Trinajstić information content (AvgIpc) is 2.22. The van der Waals surface area contributed by atoms with Crippen LogP contribution >= 0.6 is 15.9 Å². The minimum absolute atomic E-state index is 0.00477. The van der Waals surface area contributed by atoms with Crippen molar-refractivity contribution in [3.05, 3.63) is 29.6 Å². The van der Waals surface area contributed by atoms with Gasteiger partial charge in [-0.1, -0.05) is 22.9 Å². The Bertz CT molecular complexity index is 407. The van der Waals surface area contributed by atoms with Crippen LogP contribution in [0.4, 0.5) is 4.39 Å². The Morgan fingerprint density at radius 2 is 2.24 bits per heavy atom. The number of rotatable bonds is 4. The summed E-state index contributed by atoms with van der Waals surface area (Å²) in [4.78, 5) is 10.7. The van der Waals surface area contributed by atoms with Crippen molar-refractivity contribution in [2.45, 2.75) is 24.6 Å². The maximum atomic E-state index is 13.1. The lowest BCUT2D eigenvalue weighted by molar-refractivity contribution is -0.141. The third-order valence-electron chi connectivity index (χ3n) is 2.41. The lowest BCUT2D eigenvalue weighted by atomic mass is 9.96. The van der Waals surface area contributed by atoms with E-state index in [2.05, 4.69) is 15.9 Å². The first-order chi connectivity index (χ1) is 7.91. The van der Waals surface area contributed by atoms with Crippen LogP contribution in [0.2, 0.25) is 0 Å². The Hall–Kier alpha value is -1.10. The summed E-state index contributed by atoms with van der Waals surface area (Å²) in [7, 11) is 0. The van der Waals surface area contributed by atoms with Gasteiger partial charge in [-0.05, 0) is 18.2 Å². The monoisotopic (exact) mass is 304 g/mol. The molecule has 3 nitrogen and oxygen atoms in total. The quantitative estimate of drug-likeness (QED) is 0.687. The van der Waals surface area contributed by atoms with Crippen LogP contribution < -0.4 is 0 Å². The van der Waals surface area contributed by atoms with Crippen LogP contribution in [0.3, 0.4) is 0 Å². The van der Waals surface area contributed by atoms with Crippen molar-refractivity contribution in [1.29, 1.82) is 0 Å². The number of carbonyl (C=O) groups excluding carboxylic acids is 1. The number of phenolic OH excluding ortho intramolecular Hbond substituents is 1. The maximum Gasteiger partial charge on any atom is 0.302 e. The molecule has 5 heteroatoms. The van der Waals surface area contributed by atoms with Crippen LogP contribution in [0.15, 0.2) is 18.2 Å². The molecule has 0 bridgehead atoms. The van der Waals surface area contributed by atoms with Crippen molar-refractivity contribution in [2.75, 3.05) is 6.61 Å². The minimum atomic E-state index is -0.432. The highest BCUT2D eigenvalue weighted by molar-refractivity contribution is 9.09. The molecular formula is C12H14BrFO3. The Morgan fingerprint density at radius 1 is 1.59 bits per heavy atom. The highest BCUT2D eigenvalue weighted by Crippen LogP contribution is 2.32. The van der Waals surface area contributed by atoms with E-state index in [1.807, 2.05) is 6.92 Å². The second kappa shape index (κ2) is 6.00. The second-order valence-corrected chi connectivity index (χ2v) is 5.23. The number of phenols is 1. The Labute approximate surface area is 108 Å². The summed E-state index contributed by atoms with van der Waals surface area (Å²) in [6.45, 7) is 3.25. The highest BCUT2D eigenvalue weighted by atomic mass is 79.9. The number of esters is 1. The molecule has 0 spiro atoms. The topological polar surface area (TPSA) is 46.5 Å². The van der Waals surface area contributed by atoms with Gasteiger partial charge in [0.2, 0.25) is 0 Å². The molecule has 0 aromatic heterocycles. The summed E-state index contributed by atoms with van der Waals surface area (Å²) in [6, 6.07) is 3.72. The van der Waals surface area contributed by atoms with Gasteiger partial charge in [-0.25, -0.2) is 4.39 Å². The fraction of sp³-hybridized carbons (Fsp3) is 0.417. The fourth-order valence-corrected chi connectivity index (χ4v) is 1.94. The zero-order chi connectivity index (χ0) is 13.0. The molecule has 1 aromatic rings. The summed E-state index contributed by atoms with van der Waals surface area (Å²) < 4.78 is 18.0. The van der Waals surface area contributed by atoms with Gasteiger partial charge in [0.05, 0.1) is 6.61 Å². The van der Waals surface area contributed by atoms with E-state index in [-0.39, 0.29) is 23.1 Å². The van der Waals surface area contributed by atoms with Gasteiger partial charge in [-0.3, -0.25) is 4.79 Å². The van der Waals surface area contributed by atoms with E-state index in [0.29, 0.717) is 5.56 Å². The van der Waals surface area contributed by atoms with Gasteiger partial charge < -0.3 is 9.84 Å². The van der Waals surface area contributed by atoms with Gasteiger partial charge in [0.25, 0.3) is 0 Å². The van der Waals surface area contributed by atoms with Crippen molar-refractivity contribution in [3.8, 4) is 5.75 Å². The molecule has 0 heterocycles. The molecule has 0 saturated carbocycles. The van der Waals surface area contributed by atoms with Crippen LogP contribution in [-0.2, 0) is 9.53 Å². The molecule has 1 rings (SSSR count). The Balaban J connectivity index is 2.96. The van der Waals surface area contributed by atoms with Gasteiger partial charge in [0.1, 0.15) is 11.6 Å².